The van der Waals surface area contributed by atoms with E-state index in [4.69, 9.17) is 16.3 Å². The van der Waals surface area contributed by atoms with Gasteiger partial charge in [0.2, 0.25) is 11.8 Å². The summed E-state index contributed by atoms with van der Waals surface area (Å²) in [6.07, 6.45) is 0. The van der Waals surface area contributed by atoms with Crippen LogP contribution >= 0.6 is 11.6 Å². The second-order valence-electron chi connectivity index (χ2n) is 6.93. The number of imide groups is 1. The molecule has 0 radical (unpaired) electrons. The number of nitrogens with one attached hydrogen (secondary N) is 1. The SMILES string of the molecule is COC(=O)[C@]1(C(C)C)N[C@H](c2ccc(Cl)cc2)[C@H]2C(=O)N(C)C(=O)[C@@H]21. The maximum absolute atomic E-state index is 12.8. The van der Waals surface area contributed by atoms with Crippen LogP contribution in [0, 0.1) is 17.8 Å². The zero-order valence-electron chi connectivity index (χ0n) is 14.6. The van der Waals surface area contributed by atoms with Crippen molar-refractivity contribution in [3.63, 3.8) is 0 Å². The van der Waals surface area contributed by atoms with Crippen molar-refractivity contribution in [2.75, 3.05) is 14.2 Å². The van der Waals surface area contributed by atoms with Gasteiger partial charge in [0.1, 0.15) is 5.54 Å². The highest BCUT2D eigenvalue weighted by Crippen LogP contribution is 2.51. The van der Waals surface area contributed by atoms with Crippen LogP contribution in [0.15, 0.2) is 24.3 Å². The highest BCUT2D eigenvalue weighted by atomic mass is 35.5. The van der Waals surface area contributed by atoms with Gasteiger partial charge < -0.3 is 4.74 Å². The number of hydrogen-bond donors (Lipinski definition) is 1. The van der Waals surface area contributed by atoms with E-state index in [1.54, 1.807) is 24.3 Å². The fourth-order valence-electron chi connectivity index (χ4n) is 4.16. The van der Waals surface area contributed by atoms with E-state index in [0.717, 1.165) is 10.5 Å². The summed E-state index contributed by atoms with van der Waals surface area (Å²) >= 11 is 5.96. The van der Waals surface area contributed by atoms with E-state index in [0.29, 0.717) is 5.02 Å². The summed E-state index contributed by atoms with van der Waals surface area (Å²) in [5.74, 6) is -2.84. The van der Waals surface area contributed by atoms with Crippen LogP contribution in [0.3, 0.4) is 0 Å². The molecule has 0 aromatic heterocycles. The molecule has 4 atom stereocenters. The first kappa shape index (κ1) is 17.9. The molecule has 0 saturated carbocycles. The molecule has 2 fully saturated rings. The van der Waals surface area contributed by atoms with Gasteiger partial charge >= 0.3 is 5.97 Å². The van der Waals surface area contributed by atoms with Crippen LogP contribution < -0.4 is 5.32 Å². The third-order valence-electron chi connectivity index (χ3n) is 5.48. The standard InChI is InChI=1S/C18H21ClN2O4/c1-9(2)18(17(24)25-4)13-12(15(22)21(3)16(13)23)14(20-18)10-5-7-11(19)8-6-10/h5-9,12-14,20H,1-4H3/t12-,13+,14+,18+/m0/s1. The predicted octanol–water partition coefficient (Wildman–Crippen LogP) is 1.78. The number of nitrogens with zero attached hydrogens (tertiary/aromatic N) is 1. The van der Waals surface area contributed by atoms with E-state index in [9.17, 15) is 14.4 Å². The third kappa shape index (κ3) is 2.39. The number of esters is 1. The van der Waals surface area contributed by atoms with Crippen molar-refractivity contribution in [2.45, 2.75) is 25.4 Å². The maximum atomic E-state index is 12.8. The zero-order chi connectivity index (χ0) is 18.5. The Morgan fingerprint density at radius 1 is 1.24 bits per heavy atom. The smallest absolute Gasteiger partial charge is 0.327 e. The first-order valence-electron chi connectivity index (χ1n) is 8.18. The number of rotatable bonds is 3. The maximum Gasteiger partial charge on any atom is 0.327 e. The topological polar surface area (TPSA) is 75.7 Å². The predicted molar refractivity (Wildman–Crippen MR) is 91.7 cm³/mol. The lowest BCUT2D eigenvalue weighted by atomic mass is 9.73. The zero-order valence-corrected chi connectivity index (χ0v) is 15.3. The Hall–Kier alpha value is -1.92. The minimum absolute atomic E-state index is 0.243. The second kappa shape index (κ2) is 6.11. The van der Waals surface area contributed by atoms with Gasteiger partial charge in [0.05, 0.1) is 18.9 Å². The van der Waals surface area contributed by atoms with Gasteiger partial charge in [-0.1, -0.05) is 37.6 Å². The average molecular weight is 365 g/mol. The summed E-state index contributed by atoms with van der Waals surface area (Å²) in [6, 6.07) is 6.60. The highest BCUT2D eigenvalue weighted by molar-refractivity contribution is 6.30. The van der Waals surface area contributed by atoms with Gasteiger partial charge in [-0.25, -0.2) is 0 Å². The number of carbonyl (C=O) groups is 3. The number of halogens is 1. The molecule has 2 saturated heterocycles. The van der Waals surface area contributed by atoms with Gasteiger partial charge in [-0.05, 0) is 23.6 Å². The van der Waals surface area contributed by atoms with Crippen molar-refractivity contribution in [2.24, 2.45) is 17.8 Å². The number of likely N-dealkylation sites (tertiary alicyclic amines) is 1. The van der Waals surface area contributed by atoms with Crippen molar-refractivity contribution < 1.29 is 19.1 Å². The van der Waals surface area contributed by atoms with Crippen molar-refractivity contribution in [1.29, 1.82) is 0 Å². The number of benzene rings is 1. The molecule has 0 aliphatic carbocycles. The largest absolute Gasteiger partial charge is 0.468 e. The molecular formula is C18H21ClN2O4. The van der Waals surface area contributed by atoms with E-state index in [1.165, 1.54) is 14.2 Å². The molecule has 1 aromatic rings. The quantitative estimate of drug-likeness (QED) is 0.653. The van der Waals surface area contributed by atoms with Crippen LogP contribution in [-0.4, -0.2) is 42.4 Å². The van der Waals surface area contributed by atoms with E-state index in [2.05, 4.69) is 5.32 Å². The van der Waals surface area contributed by atoms with E-state index in [-0.39, 0.29) is 17.7 Å². The van der Waals surface area contributed by atoms with Crippen LogP contribution in [0.2, 0.25) is 5.02 Å². The average Bonchev–Trinajstić information content (AvgIpc) is 3.06. The third-order valence-corrected chi connectivity index (χ3v) is 5.73. The van der Waals surface area contributed by atoms with Crippen LogP contribution in [0.1, 0.15) is 25.5 Å². The normalized spacial score (nSPS) is 31.6. The molecule has 7 heteroatoms. The van der Waals surface area contributed by atoms with Crippen molar-refractivity contribution in [1.82, 2.24) is 10.2 Å². The minimum atomic E-state index is -1.25. The lowest BCUT2D eigenvalue weighted by Gasteiger charge is -2.35. The number of amides is 2. The molecule has 134 valence electrons. The molecule has 2 amide bonds. The van der Waals surface area contributed by atoms with Gasteiger partial charge in [-0.2, -0.15) is 0 Å². The fraction of sp³-hybridized carbons (Fsp3) is 0.500. The summed E-state index contributed by atoms with van der Waals surface area (Å²) < 4.78 is 5.02. The van der Waals surface area contributed by atoms with Crippen molar-refractivity contribution in [3.8, 4) is 0 Å². The molecule has 2 aliphatic heterocycles. The Morgan fingerprint density at radius 3 is 2.36 bits per heavy atom. The number of ether oxygens (including phenoxy) is 1. The monoisotopic (exact) mass is 364 g/mol. The Bertz CT molecular complexity index is 733. The minimum Gasteiger partial charge on any atom is -0.468 e. The molecule has 0 spiro atoms. The van der Waals surface area contributed by atoms with E-state index >= 15 is 0 Å². The number of methoxy groups -OCH3 is 1. The van der Waals surface area contributed by atoms with Crippen LogP contribution in [0.25, 0.3) is 0 Å². The molecule has 2 heterocycles. The van der Waals surface area contributed by atoms with Gasteiger partial charge in [-0.15, -0.1) is 0 Å². The molecule has 0 unspecified atom stereocenters. The molecule has 6 nitrogen and oxygen atoms in total. The van der Waals surface area contributed by atoms with E-state index < -0.39 is 29.4 Å². The molecule has 3 rings (SSSR count). The molecule has 2 aliphatic rings. The fourth-order valence-corrected chi connectivity index (χ4v) is 4.29. The lowest BCUT2D eigenvalue weighted by Crippen LogP contribution is -2.59. The number of fused-ring (bicyclic) bond motifs is 1. The first-order chi connectivity index (χ1) is 11.8. The molecule has 25 heavy (non-hydrogen) atoms. The van der Waals surface area contributed by atoms with E-state index in [1.807, 2.05) is 13.8 Å². The van der Waals surface area contributed by atoms with Crippen LogP contribution in [0.4, 0.5) is 0 Å². The van der Waals surface area contributed by atoms with Crippen LogP contribution in [0.5, 0.6) is 0 Å². The summed E-state index contributed by atoms with van der Waals surface area (Å²) in [7, 11) is 2.76. The Morgan fingerprint density at radius 2 is 1.84 bits per heavy atom. The number of hydrogen-bond acceptors (Lipinski definition) is 5. The molecule has 1 N–H and O–H groups in total. The van der Waals surface area contributed by atoms with Gasteiger partial charge in [0.15, 0.2) is 0 Å². The summed E-state index contributed by atoms with van der Waals surface area (Å²) in [5, 5.41) is 3.86. The van der Waals surface area contributed by atoms with Gasteiger partial charge in [0, 0.05) is 18.1 Å². The Balaban J connectivity index is 2.17. The summed E-state index contributed by atoms with van der Waals surface area (Å²) in [5.41, 5.74) is -0.441. The Labute approximate surface area is 151 Å². The van der Waals surface area contributed by atoms with Crippen molar-refractivity contribution >= 4 is 29.4 Å². The molecule has 1 aromatic carbocycles. The van der Waals surface area contributed by atoms with Crippen molar-refractivity contribution in [3.05, 3.63) is 34.9 Å². The van der Waals surface area contributed by atoms with Gasteiger partial charge in [0.25, 0.3) is 0 Å². The highest BCUT2D eigenvalue weighted by Gasteiger charge is 2.69. The Kier molecular flexibility index (Phi) is 4.37. The summed E-state index contributed by atoms with van der Waals surface area (Å²) in [6.45, 7) is 3.70. The number of carbonyl (C=O) groups excluding carboxylic acids is 3. The molecule has 0 bridgehead atoms. The molecular weight excluding hydrogens is 344 g/mol. The lowest BCUT2D eigenvalue weighted by molar-refractivity contribution is -0.156. The van der Waals surface area contributed by atoms with Crippen LogP contribution in [-0.2, 0) is 19.1 Å². The second-order valence-corrected chi connectivity index (χ2v) is 7.36. The summed E-state index contributed by atoms with van der Waals surface area (Å²) in [4.78, 5) is 39.4. The first-order valence-corrected chi connectivity index (χ1v) is 8.56. The van der Waals surface area contributed by atoms with Gasteiger partial charge in [-0.3, -0.25) is 24.6 Å².